The van der Waals surface area contributed by atoms with Crippen LogP contribution in [0.2, 0.25) is 0 Å². The van der Waals surface area contributed by atoms with Gasteiger partial charge in [0.05, 0.1) is 6.10 Å². The van der Waals surface area contributed by atoms with Crippen LogP contribution in [0.25, 0.3) is 0 Å². The van der Waals surface area contributed by atoms with Gasteiger partial charge in [-0.05, 0) is 43.9 Å². The molecule has 1 aromatic heterocycles. The topological polar surface area (TPSA) is 25.4 Å². The first-order chi connectivity index (χ1) is 10.8. The lowest BCUT2D eigenvalue weighted by molar-refractivity contribution is 0.0667. The SMILES string of the molecule is Cc1cc(N2CCC(OCCCc3ccccc3)C2)ccn1. The molecule has 3 rings (SSSR count). The number of anilines is 1. The first kappa shape index (κ1) is 15.0. The third-order valence-electron chi connectivity index (χ3n) is 4.20. The van der Waals surface area contributed by atoms with Crippen LogP contribution in [0.15, 0.2) is 48.7 Å². The summed E-state index contributed by atoms with van der Waals surface area (Å²) < 4.78 is 6.05. The Morgan fingerprint density at radius 2 is 2.09 bits per heavy atom. The zero-order valence-corrected chi connectivity index (χ0v) is 13.2. The van der Waals surface area contributed by atoms with Crippen molar-refractivity contribution in [3.63, 3.8) is 0 Å². The minimum atomic E-state index is 0.365. The lowest BCUT2D eigenvalue weighted by atomic mass is 10.1. The predicted molar refractivity (Wildman–Crippen MR) is 90.3 cm³/mol. The van der Waals surface area contributed by atoms with Crippen molar-refractivity contribution in [1.82, 2.24) is 4.98 Å². The zero-order chi connectivity index (χ0) is 15.2. The van der Waals surface area contributed by atoms with Gasteiger partial charge in [0, 0.05) is 37.3 Å². The summed E-state index contributed by atoms with van der Waals surface area (Å²) in [6.07, 6.45) is 5.56. The molecule has 0 aliphatic carbocycles. The van der Waals surface area contributed by atoms with Crippen LogP contribution in [-0.4, -0.2) is 30.8 Å². The summed E-state index contributed by atoms with van der Waals surface area (Å²) in [6.45, 7) is 4.96. The molecule has 0 spiro atoms. The average molecular weight is 296 g/mol. The van der Waals surface area contributed by atoms with Crippen LogP contribution < -0.4 is 4.90 Å². The van der Waals surface area contributed by atoms with E-state index in [1.165, 1.54) is 11.3 Å². The van der Waals surface area contributed by atoms with Crippen molar-refractivity contribution in [3.8, 4) is 0 Å². The molecule has 1 aliphatic rings. The van der Waals surface area contributed by atoms with E-state index >= 15 is 0 Å². The minimum Gasteiger partial charge on any atom is -0.376 e. The predicted octanol–water partition coefficient (Wildman–Crippen LogP) is 3.62. The Morgan fingerprint density at radius 3 is 2.91 bits per heavy atom. The van der Waals surface area contributed by atoms with Crippen LogP contribution in [-0.2, 0) is 11.2 Å². The average Bonchev–Trinajstić information content (AvgIpc) is 3.02. The van der Waals surface area contributed by atoms with E-state index in [1.54, 1.807) is 0 Å². The van der Waals surface area contributed by atoms with E-state index in [2.05, 4.69) is 52.3 Å². The third kappa shape index (κ3) is 4.08. The van der Waals surface area contributed by atoms with E-state index in [9.17, 15) is 0 Å². The standard InChI is InChI=1S/C19H24N2O/c1-16-14-18(9-11-20-16)21-12-10-19(15-21)22-13-5-8-17-6-3-2-4-7-17/h2-4,6-7,9,11,14,19H,5,8,10,12-13,15H2,1H3. The van der Waals surface area contributed by atoms with Crippen LogP contribution in [0.5, 0.6) is 0 Å². The summed E-state index contributed by atoms with van der Waals surface area (Å²) in [7, 11) is 0. The van der Waals surface area contributed by atoms with Gasteiger partial charge in [0.15, 0.2) is 0 Å². The normalized spacial score (nSPS) is 17.9. The largest absolute Gasteiger partial charge is 0.376 e. The van der Waals surface area contributed by atoms with Gasteiger partial charge < -0.3 is 9.64 Å². The van der Waals surface area contributed by atoms with Crippen LogP contribution in [0, 0.1) is 6.92 Å². The summed E-state index contributed by atoms with van der Waals surface area (Å²) in [6, 6.07) is 14.9. The lowest BCUT2D eigenvalue weighted by Crippen LogP contribution is -2.23. The fourth-order valence-corrected chi connectivity index (χ4v) is 3.00. The van der Waals surface area contributed by atoms with E-state index in [1.807, 2.05) is 13.1 Å². The maximum atomic E-state index is 6.05. The first-order valence-electron chi connectivity index (χ1n) is 8.14. The number of ether oxygens (including phenoxy) is 1. The van der Waals surface area contributed by atoms with Crippen molar-refractivity contribution >= 4 is 5.69 Å². The molecule has 22 heavy (non-hydrogen) atoms. The first-order valence-corrected chi connectivity index (χ1v) is 8.14. The van der Waals surface area contributed by atoms with Gasteiger partial charge in [0.1, 0.15) is 0 Å². The number of benzene rings is 1. The Bertz CT molecular complexity index is 585. The molecule has 0 bridgehead atoms. The van der Waals surface area contributed by atoms with E-state index in [0.29, 0.717) is 6.10 Å². The molecule has 0 N–H and O–H groups in total. The molecule has 3 nitrogen and oxygen atoms in total. The van der Waals surface area contributed by atoms with Crippen molar-refractivity contribution < 1.29 is 4.74 Å². The second kappa shape index (κ2) is 7.41. The van der Waals surface area contributed by atoms with Gasteiger partial charge in [-0.2, -0.15) is 0 Å². The van der Waals surface area contributed by atoms with Crippen molar-refractivity contribution in [2.24, 2.45) is 0 Å². The Kier molecular flexibility index (Phi) is 5.07. The van der Waals surface area contributed by atoms with Crippen molar-refractivity contribution in [3.05, 3.63) is 59.9 Å². The number of hydrogen-bond acceptors (Lipinski definition) is 3. The smallest absolute Gasteiger partial charge is 0.0766 e. The molecule has 1 atom stereocenters. The second-order valence-electron chi connectivity index (χ2n) is 5.97. The molecule has 0 saturated carbocycles. The summed E-state index contributed by atoms with van der Waals surface area (Å²) in [5.74, 6) is 0. The monoisotopic (exact) mass is 296 g/mol. The fourth-order valence-electron chi connectivity index (χ4n) is 3.00. The maximum Gasteiger partial charge on any atom is 0.0766 e. The Labute approximate surface area is 132 Å². The van der Waals surface area contributed by atoms with Crippen molar-refractivity contribution in [2.45, 2.75) is 32.3 Å². The molecule has 1 aromatic carbocycles. The molecule has 0 radical (unpaired) electrons. The Morgan fingerprint density at radius 1 is 1.23 bits per heavy atom. The molecule has 1 aliphatic heterocycles. The minimum absolute atomic E-state index is 0.365. The number of rotatable bonds is 6. The van der Waals surface area contributed by atoms with E-state index < -0.39 is 0 Å². The Hall–Kier alpha value is -1.87. The van der Waals surface area contributed by atoms with Gasteiger partial charge in [0.25, 0.3) is 0 Å². The van der Waals surface area contributed by atoms with Crippen LogP contribution in [0.1, 0.15) is 24.1 Å². The number of hydrogen-bond donors (Lipinski definition) is 0. The molecule has 0 amide bonds. The van der Waals surface area contributed by atoms with Crippen molar-refractivity contribution in [2.75, 3.05) is 24.6 Å². The van der Waals surface area contributed by atoms with E-state index in [4.69, 9.17) is 4.74 Å². The van der Waals surface area contributed by atoms with Gasteiger partial charge in [-0.3, -0.25) is 4.98 Å². The maximum absolute atomic E-state index is 6.05. The molecule has 1 fully saturated rings. The number of nitrogens with zero attached hydrogens (tertiary/aromatic N) is 2. The molecule has 116 valence electrons. The molecular formula is C19H24N2O. The van der Waals surface area contributed by atoms with Gasteiger partial charge in [-0.25, -0.2) is 0 Å². The number of aromatic nitrogens is 1. The summed E-state index contributed by atoms with van der Waals surface area (Å²) in [5, 5.41) is 0. The second-order valence-corrected chi connectivity index (χ2v) is 5.97. The van der Waals surface area contributed by atoms with E-state index in [0.717, 1.165) is 44.7 Å². The van der Waals surface area contributed by atoms with Gasteiger partial charge >= 0.3 is 0 Å². The van der Waals surface area contributed by atoms with Crippen molar-refractivity contribution in [1.29, 1.82) is 0 Å². The Balaban J connectivity index is 1.40. The summed E-state index contributed by atoms with van der Waals surface area (Å²) >= 11 is 0. The molecule has 3 heteroatoms. The highest BCUT2D eigenvalue weighted by Gasteiger charge is 2.23. The number of aryl methyl sites for hydroxylation is 2. The van der Waals surface area contributed by atoms with E-state index in [-0.39, 0.29) is 0 Å². The van der Waals surface area contributed by atoms with Crippen LogP contribution >= 0.6 is 0 Å². The molecular weight excluding hydrogens is 272 g/mol. The van der Waals surface area contributed by atoms with Gasteiger partial charge in [0.2, 0.25) is 0 Å². The quantitative estimate of drug-likeness (QED) is 0.761. The van der Waals surface area contributed by atoms with Gasteiger partial charge in [-0.1, -0.05) is 30.3 Å². The lowest BCUT2D eigenvalue weighted by Gasteiger charge is -2.19. The molecule has 1 unspecified atom stereocenters. The van der Waals surface area contributed by atoms with Gasteiger partial charge in [-0.15, -0.1) is 0 Å². The highest BCUT2D eigenvalue weighted by atomic mass is 16.5. The van der Waals surface area contributed by atoms with Crippen LogP contribution in [0.4, 0.5) is 5.69 Å². The fraction of sp³-hybridized carbons (Fsp3) is 0.421. The highest BCUT2D eigenvalue weighted by Crippen LogP contribution is 2.22. The number of pyridine rings is 1. The summed E-state index contributed by atoms with van der Waals surface area (Å²) in [4.78, 5) is 6.66. The molecule has 1 saturated heterocycles. The third-order valence-corrected chi connectivity index (χ3v) is 4.20. The highest BCUT2D eigenvalue weighted by molar-refractivity contribution is 5.47. The molecule has 2 aromatic rings. The molecule has 2 heterocycles. The zero-order valence-electron chi connectivity index (χ0n) is 13.2. The van der Waals surface area contributed by atoms with Crippen LogP contribution in [0.3, 0.4) is 0 Å². The summed E-state index contributed by atoms with van der Waals surface area (Å²) in [5.41, 5.74) is 3.74.